The summed E-state index contributed by atoms with van der Waals surface area (Å²) in [6.45, 7) is 3.58. The molecule has 0 spiro atoms. The molecule has 6 nitrogen and oxygen atoms in total. The third-order valence-electron chi connectivity index (χ3n) is 3.92. The van der Waals surface area contributed by atoms with Gasteiger partial charge in [-0.05, 0) is 37.4 Å². The van der Waals surface area contributed by atoms with Crippen molar-refractivity contribution in [1.82, 2.24) is 10.5 Å². The lowest BCUT2D eigenvalue weighted by Gasteiger charge is -2.25. The van der Waals surface area contributed by atoms with E-state index >= 15 is 0 Å². The summed E-state index contributed by atoms with van der Waals surface area (Å²) in [4.78, 5) is 13.0. The Bertz CT molecular complexity index is 752. The predicted molar refractivity (Wildman–Crippen MR) is 88.7 cm³/mol. The van der Waals surface area contributed by atoms with Crippen LogP contribution in [0.4, 0.5) is 0 Å². The fourth-order valence-corrected chi connectivity index (χ4v) is 3.36. The van der Waals surface area contributed by atoms with Crippen LogP contribution in [0, 0.1) is 13.8 Å². The Labute approximate surface area is 143 Å². The van der Waals surface area contributed by atoms with Crippen LogP contribution in [0.3, 0.4) is 0 Å². The Morgan fingerprint density at radius 1 is 1.38 bits per heavy atom. The second-order valence-corrected chi connectivity index (χ2v) is 6.52. The number of thiophene rings is 1. The molecule has 0 aliphatic rings. The number of aromatic nitrogens is 1. The molecule has 3 aromatic heterocycles. The van der Waals surface area contributed by atoms with E-state index in [0.717, 1.165) is 5.56 Å². The topological polar surface area (TPSA) is 88.5 Å². The van der Waals surface area contributed by atoms with Gasteiger partial charge in [0.1, 0.15) is 11.5 Å². The molecule has 126 valence electrons. The Morgan fingerprint density at radius 2 is 2.21 bits per heavy atom. The summed E-state index contributed by atoms with van der Waals surface area (Å²) in [5, 5.41) is 19.6. The normalized spacial score (nSPS) is 13.6. The number of aryl methyl sites for hydroxylation is 2. The summed E-state index contributed by atoms with van der Waals surface area (Å²) in [5.41, 5.74) is 0.0684. The largest absolute Gasteiger partial charge is 0.466 e. The minimum absolute atomic E-state index is 0.0171. The van der Waals surface area contributed by atoms with Gasteiger partial charge in [-0.2, -0.15) is 0 Å². The van der Waals surface area contributed by atoms with Gasteiger partial charge in [0, 0.05) is 10.4 Å². The molecule has 0 fully saturated rings. The first-order valence-electron chi connectivity index (χ1n) is 7.49. The van der Waals surface area contributed by atoms with Gasteiger partial charge in [-0.25, -0.2) is 0 Å². The molecule has 2 N–H and O–H groups in total. The highest BCUT2D eigenvalue weighted by atomic mass is 32.1. The van der Waals surface area contributed by atoms with Gasteiger partial charge in [-0.15, -0.1) is 11.3 Å². The lowest BCUT2D eigenvalue weighted by molar-refractivity contribution is -0.121. The molecule has 0 bridgehead atoms. The van der Waals surface area contributed by atoms with E-state index in [1.165, 1.54) is 17.6 Å². The number of aliphatic hydroxyl groups is 1. The van der Waals surface area contributed by atoms with Gasteiger partial charge >= 0.3 is 0 Å². The maximum Gasteiger partial charge on any atom is 0.224 e. The first-order chi connectivity index (χ1) is 11.5. The summed E-state index contributed by atoms with van der Waals surface area (Å²) in [6.07, 6.45) is 1.65. The van der Waals surface area contributed by atoms with E-state index in [2.05, 4.69) is 10.5 Å². The fraction of sp³-hybridized carbons (Fsp3) is 0.294. The van der Waals surface area contributed by atoms with Crippen molar-refractivity contribution in [3.63, 3.8) is 0 Å². The first-order valence-corrected chi connectivity index (χ1v) is 8.37. The molecule has 24 heavy (non-hydrogen) atoms. The standard InChI is InChI=1S/C17H18N2O4S/c1-11-13(12(2)23-19-11)9-16(20)18-10-17(21,14-5-3-7-22-14)15-6-4-8-24-15/h3-8,21H,9-10H2,1-2H3,(H,18,20). The van der Waals surface area contributed by atoms with Crippen molar-refractivity contribution in [3.8, 4) is 0 Å². The van der Waals surface area contributed by atoms with Gasteiger partial charge in [-0.1, -0.05) is 11.2 Å². The van der Waals surface area contributed by atoms with E-state index in [1.54, 1.807) is 26.0 Å². The van der Waals surface area contributed by atoms with Crippen molar-refractivity contribution in [2.24, 2.45) is 0 Å². The second-order valence-electron chi connectivity index (χ2n) is 5.57. The van der Waals surface area contributed by atoms with Crippen LogP contribution in [0.2, 0.25) is 0 Å². The second kappa shape index (κ2) is 6.62. The van der Waals surface area contributed by atoms with Crippen molar-refractivity contribution >= 4 is 17.2 Å². The average Bonchev–Trinajstić information content (AvgIpc) is 3.31. The highest BCUT2D eigenvalue weighted by Gasteiger charge is 2.36. The zero-order valence-electron chi connectivity index (χ0n) is 13.4. The lowest BCUT2D eigenvalue weighted by atomic mass is 9.98. The van der Waals surface area contributed by atoms with Crippen LogP contribution in [0.25, 0.3) is 0 Å². The van der Waals surface area contributed by atoms with Crippen LogP contribution < -0.4 is 5.32 Å². The SMILES string of the molecule is Cc1noc(C)c1CC(=O)NCC(O)(c1ccco1)c1cccs1. The quantitative estimate of drug-likeness (QED) is 0.716. The molecular formula is C17H18N2O4S. The van der Waals surface area contributed by atoms with Crippen molar-refractivity contribution < 1.29 is 18.8 Å². The first kappa shape index (κ1) is 16.5. The average molecular weight is 346 g/mol. The van der Waals surface area contributed by atoms with E-state index in [9.17, 15) is 9.90 Å². The molecule has 1 unspecified atom stereocenters. The molecule has 0 aromatic carbocycles. The zero-order valence-corrected chi connectivity index (χ0v) is 14.2. The third kappa shape index (κ3) is 3.13. The molecular weight excluding hydrogens is 328 g/mol. The van der Waals surface area contributed by atoms with Crippen LogP contribution in [-0.2, 0) is 16.8 Å². The van der Waals surface area contributed by atoms with Gasteiger partial charge in [0.05, 0.1) is 24.9 Å². The Hall–Kier alpha value is -2.38. The number of furan rings is 1. The molecule has 1 atom stereocenters. The smallest absolute Gasteiger partial charge is 0.224 e. The number of nitrogens with one attached hydrogen (secondary N) is 1. The van der Waals surface area contributed by atoms with Crippen LogP contribution in [-0.4, -0.2) is 22.7 Å². The number of rotatable bonds is 6. The van der Waals surface area contributed by atoms with Gasteiger partial charge in [0.25, 0.3) is 0 Å². The molecule has 3 aromatic rings. The van der Waals surface area contributed by atoms with Gasteiger partial charge < -0.3 is 19.4 Å². The lowest BCUT2D eigenvalue weighted by Crippen LogP contribution is -2.41. The van der Waals surface area contributed by atoms with E-state index < -0.39 is 5.60 Å². The van der Waals surface area contributed by atoms with Crippen molar-refractivity contribution in [2.75, 3.05) is 6.54 Å². The summed E-state index contributed by atoms with van der Waals surface area (Å²) < 4.78 is 10.4. The molecule has 0 aliphatic carbocycles. The van der Waals surface area contributed by atoms with E-state index in [4.69, 9.17) is 8.94 Å². The number of nitrogens with zero attached hydrogens (tertiary/aromatic N) is 1. The van der Waals surface area contributed by atoms with Crippen LogP contribution in [0.15, 0.2) is 44.8 Å². The van der Waals surface area contributed by atoms with Gasteiger partial charge in [0.2, 0.25) is 5.91 Å². The predicted octanol–water partition coefficient (Wildman–Crippen LogP) is 2.54. The van der Waals surface area contributed by atoms with Crippen LogP contribution in [0.1, 0.15) is 27.7 Å². The summed E-state index contributed by atoms with van der Waals surface area (Å²) in [7, 11) is 0. The fourth-order valence-electron chi connectivity index (χ4n) is 2.53. The van der Waals surface area contributed by atoms with Crippen molar-refractivity contribution in [1.29, 1.82) is 0 Å². The number of hydrogen-bond donors (Lipinski definition) is 2. The molecule has 1 amide bonds. The maximum atomic E-state index is 12.3. The highest BCUT2D eigenvalue weighted by molar-refractivity contribution is 7.10. The van der Waals surface area contributed by atoms with E-state index in [0.29, 0.717) is 22.1 Å². The number of amides is 1. The molecule has 7 heteroatoms. The third-order valence-corrected chi connectivity index (χ3v) is 4.94. The summed E-state index contributed by atoms with van der Waals surface area (Å²) >= 11 is 1.40. The monoisotopic (exact) mass is 346 g/mol. The maximum absolute atomic E-state index is 12.3. The van der Waals surface area contributed by atoms with Crippen molar-refractivity contribution in [3.05, 3.63) is 63.6 Å². The Balaban J connectivity index is 1.74. The van der Waals surface area contributed by atoms with Crippen LogP contribution >= 0.6 is 11.3 Å². The van der Waals surface area contributed by atoms with Crippen LogP contribution in [0.5, 0.6) is 0 Å². The van der Waals surface area contributed by atoms with E-state index in [1.807, 2.05) is 17.5 Å². The van der Waals surface area contributed by atoms with Gasteiger partial charge in [0.15, 0.2) is 5.60 Å². The summed E-state index contributed by atoms with van der Waals surface area (Å²) in [6, 6.07) is 7.06. The van der Waals surface area contributed by atoms with Crippen molar-refractivity contribution in [2.45, 2.75) is 25.9 Å². The Kier molecular flexibility index (Phi) is 4.55. The molecule has 0 saturated heterocycles. The minimum atomic E-state index is -1.40. The van der Waals surface area contributed by atoms with Gasteiger partial charge in [-0.3, -0.25) is 4.79 Å². The Morgan fingerprint density at radius 3 is 2.79 bits per heavy atom. The molecule has 3 heterocycles. The molecule has 0 radical (unpaired) electrons. The van der Waals surface area contributed by atoms with E-state index in [-0.39, 0.29) is 18.9 Å². The number of hydrogen-bond acceptors (Lipinski definition) is 6. The molecule has 3 rings (SSSR count). The number of carbonyl (C=O) groups excluding carboxylic acids is 1. The molecule has 0 saturated carbocycles. The number of carbonyl (C=O) groups is 1. The zero-order chi connectivity index (χ0) is 17.2. The minimum Gasteiger partial charge on any atom is -0.466 e. The molecule has 0 aliphatic heterocycles. The highest BCUT2D eigenvalue weighted by Crippen LogP contribution is 2.32. The summed E-state index contributed by atoms with van der Waals surface area (Å²) in [5.74, 6) is 0.802.